The first-order valence-corrected chi connectivity index (χ1v) is 9.51. The molecule has 3 saturated heterocycles. The number of fused-ring (bicyclic) bond motifs is 3. The molecular formula is C19H32N6O+2. The number of quaternary nitrogens is 2. The summed E-state index contributed by atoms with van der Waals surface area (Å²) < 4.78 is 2.15. The van der Waals surface area contributed by atoms with Gasteiger partial charge in [-0.1, -0.05) is 12.1 Å². The van der Waals surface area contributed by atoms with Crippen molar-refractivity contribution in [3.8, 4) is 0 Å². The Morgan fingerprint density at radius 1 is 1.08 bits per heavy atom. The minimum Gasteiger partial charge on any atom is -0.370 e. The molecule has 0 aromatic heterocycles. The average Bonchev–Trinajstić information content (AvgIpc) is 2.61. The summed E-state index contributed by atoms with van der Waals surface area (Å²) in [5, 5.41) is 3.07. The molecule has 142 valence electrons. The number of benzene rings is 1. The number of hydrogen-bond acceptors (Lipinski definition) is 2. The van der Waals surface area contributed by atoms with Gasteiger partial charge in [-0.05, 0) is 30.5 Å². The van der Waals surface area contributed by atoms with Crippen molar-refractivity contribution in [1.82, 2.24) is 0 Å². The normalized spacial score (nSPS) is 27.1. The Bertz CT molecular complexity index is 641. The molecule has 0 spiro atoms. The average molecular weight is 361 g/mol. The highest BCUT2D eigenvalue weighted by Crippen LogP contribution is 2.24. The summed E-state index contributed by atoms with van der Waals surface area (Å²) in [4.78, 5) is 16.5. The molecule has 0 aliphatic carbocycles. The second-order valence-corrected chi connectivity index (χ2v) is 8.12. The summed E-state index contributed by atoms with van der Waals surface area (Å²) in [6.45, 7) is 8.19. The number of carbonyl (C=O) groups excluding carboxylic acids is 1. The van der Waals surface area contributed by atoms with Gasteiger partial charge in [0.2, 0.25) is 0 Å². The first-order chi connectivity index (χ1) is 12.4. The largest absolute Gasteiger partial charge is 0.370 e. The summed E-state index contributed by atoms with van der Waals surface area (Å²) in [5.74, 6) is 0.268. The smallest absolute Gasteiger partial charge is 0.279 e. The Labute approximate surface area is 155 Å². The van der Waals surface area contributed by atoms with Gasteiger partial charge >= 0.3 is 0 Å². The zero-order valence-electron chi connectivity index (χ0n) is 15.8. The monoisotopic (exact) mass is 360 g/mol. The lowest BCUT2D eigenvalue weighted by molar-refractivity contribution is -1.07. The van der Waals surface area contributed by atoms with Crippen LogP contribution in [-0.2, 0) is 11.2 Å². The minimum absolute atomic E-state index is 0.128. The third kappa shape index (κ3) is 4.74. The molecule has 2 bridgehead atoms. The van der Waals surface area contributed by atoms with Crippen LogP contribution in [0.15, 0.2) is 29.3 Å². The van der Waals surface area contributed by atoms with Crippen molar-refractivity contribution in [1.29, 1.82) is 0 Å². The third-order valence-corrected chi connectivity index (χ3v) is 5.98. The fraction of sp³-hybridized carbons (Fsp3) is 0.579. The summed E-state index contributed by atoms with van der Waals surface area (Å²) in [7, 11) is 2.34. The van der Waals surface area contributed by atoms with Crippen LogP contribution in [0.1, 0.15) is 12.0 Å². The van der Waals surface area contributed by atoms with E-state index in [1.165, 1.54) is 29.7 Å². The number of aryl methyl sites for hydroxylation is 1. The number of nitrogens with two attached hydrogens (primary N) is 2. The zero-order valence-corrected chi connectivity index (χ0v) is 15.8. The van der Waals surface area contributed by atoms with E-state index in [-0.39, 0.29) is 11.9 Å². The fourth-order valence-corrected chi connectivity index (χ4v) is 4.02. The number of amides is 1. The molecule has 5 N–H and O–H groups in total. The number of nitrogens with one attached hydrogen (secondary N) is 1. The number of likely N-dealkylation sites (N-methyl/N-ethyl adjacent to an activating group) is 1. The van der Waals surface area contributed by atoms with E-state index in [0.717, 1.165) is 42.6 Å². The Balaban J connectivity index is 1.46. The van der Waals surface area contributed by atoms with Crippen LogP contribution in [0.2, 0.25) is 0 Å². The molecule has 1 aromatic rings. The number of guanidine groups is 1. The Kier molecular flexibility index (Phi) is 5.48. The van der Waals surface area contributed by atoms with Gasteiger partial charge in [0.25, 0.3) is 5.91 Å². The van der Waals surface area contributed by atoms with Gasteiger partial charge < -0.3 is 25.8 Å². The van der Waals surface area contributed by atoms with Gasteiger partial charge in [0, 0.05) is 12.2 Å². The van der Waals surface area contributed by atoms with Crippen molar-refractivity contribution in [3.05, 3.63) is 29.8 Å². The number of nitrogens with zero attached hydrogens (tertiary/aromatic N) is 3. The van der Waals surface area contributed by atoms with Gasteiger partial charge in [-0.15, -0.1) is 0 Å². The lowest BCUT2D eigenvalue weighted by Crippen LogP contribution is -2.74. The van der Waals surface area contributed by atoms with Crippen molar-refractivity contribution in [2.24, 2.45) is 16.5 Å². The molecule has 0 unspecified atom stereocenters. The van der Waals surface area contributed by atoms with Gasteiger partial charge in [-0.2, -0.15) is 0 Å². The lowest BCUT2D eigenvalue weighted by atomic mass is 10.1. The van der Waals surface area contributed by atoms with E-state index < -0.39 is 0 Å². The fourth-order valence-electron chi connectivity index (χ4n) is 4.02. The number of anilines is 1. The molecule has 3 aliphatic heterocycles. The maximum Gasteiger partial charge on any atom is 0.279 e. The van der Waals surface area contributed by atoms with Crippen LogP contribution in [0.4, 0.5) is 5.69 Å². The van der Waals surface area contributed by atoms with Gasteiger partial charge in [0.1, 0.15) is 39.3 Å². The molecule has 1 aromatic carbocycles. The summed E-state index contributed by atoms with van der Waals surface area (Å²) in [5.41, 5.74) is 12.7. The molecule has 0 atom stereocenters. The van der Waals surface area contributed by atoms with E-state index in [9.17, 15) is 4.79 Å². The molecule has 4 rings (SSSR count). The minimum atomic E-state index is 0.128. The molecule has 3 aliphatic rings. The molecular weight excluding hydrogens is 328 g/mol. The first kappa shape index (κ1) is 18.7. The van der Waals surface area contributed by atoms with E-state index in [1.54, 1.807) is 0 Å². The highest BCUT2D eigenvalue weighted by molar-refractivity contribution is 5.91. The van der Waals surface area contributed by atoms with E-state index in [0.29, 0.717) is 13.1 Å². The topological polar surface area (TPSA) is 93.5 Å². The number of carbonyl (C=O) groups is 1. The van der Waals surface area contributed by atoms with Crippen LogP contribution in [0.25, 0.3) is 0 Å². The van der Waals surface area contributed by atoms with E-state index in [1.807, 2.05) is 12.1 Å². The number of rotatable bonds is 7. The van der Waals surface area contributed by atoms with Crippen molar-refractivity contribution in [2.75, 3.05) is 64.7 Å². The maximum atomic E-state index is 12.5. The van der Waals surface area contributed by atoms with E-state index in [2.05, 4.69) is 29.5 Å². The first-order valence-electron chi connectivity index (χ1n) is 9.51. The lowest BCUT2D eigenvalue weighted by Gasteiger charge is -2.53. The molecule has 0 saturated carbocycles. The van der Waals surface area contributed by atoms with Crippen LogP contribution >= 0.6 is 0 Å². The molecule has 0 radical (unpaired) electrons. The van der Waals surface area contributed by atoms with Crippen LogP contribution in [-0.4, -0.2) is 80.2 Å². The second kappa shape index (κ2) is 7.63. The van der Waals surface area contributed by atoms with Crippen LogP contribution in [0, 0.1) is 0 Å². The van der Waals surface area contributed by atoms with Crippen molar-refractivity contribution in [3.63, 3.8) is 0 Å². The van der Waals surface area contributed by atoms with Crippen molar-refractivity contribution < 1.29 is 13.8 Å². The summed E-state index contributed by atoms with van der Waals surface area (Å²) in [6, 6.07) is 8.08. The molecule has 1 amide bonds. The molecule has 26 heavy (non-hydrogen) atoms. The van der Waals surface area contributed by atoms with E-state index >= 15 is 0 Å². The Morgan fingerprint density at radius 3 is 2.27 bits per heavy atom. The van der Waals surface area contributed by atoms with Crippen LogP contribution in [0.5, 0.6) is 0 Å². The van der Waals surface area contributed by atoms with Gasteiger partial charge in [0.05, 0.1) is 7.05 Å². The predicted octanol–water partition coefficient (Wildman–Crippen LogP) is 0.122. The molecule has 7 nitrogen and oxygen atoms in total. The van der Waals surface area contributed by atoms with Crippen molar-refractivity contribution >= 4 is 17.6 Å². The van der Waals surface area contributed by atoms with Gasteiger partial charge in [0.15, 0.2) is 12.5 Å². The standard InChI is InChI=1S/C19H31N6O/c1-24-9-12-25(13-10-24,14-11-24)15-18(26)23-17-6-4-16(5-7-17)3-2-8-22-19(20)21/h4-7H,2-3,8-15H2,1H3,(H4-,20,21,22,23,26)/q+1/p+1. The SMILES string of the molecule is C[N+]12CC[N+](CC(=O)Nc3ccc(CCCN=C(N)N)cc3)(CC1)CC2. The highest BCUT2D eigenvalue weighted by atomic mass is 16.2. The predicted molar refractivity (Wildman–Crippen MR) is 105 cm³/mol. The van der Waals surface area contributed by atoms with Crippen molar-refractivity contribution in [2.45, 2.75) is 12.8 Å². The molecule has 3 heterocycles. The summed E-state index contributed by atoms with van der Waals surface area (Å²) >= 11 is 0. The number of hydrogen-bond donors (Lipinski definition) is 3. The highest BCUT2D eigenvalue weighted by Gasteiger charge is 2.47. The van der Waals surface area contributed by atoms with E-state index in [4.69, 9.17) is 11.5 Å². The quantitative estimate of drug-likeness (QED) is 0.279. The number of piperazine rings is 3. The molecule has 7 heteroatoms. The molecule has 3 fully saturated rings. The third-order valence-electron chi connectivity index (χ3n) is 5.98. The Morgan fingerprint density at radius 2 is 1.69 bits per heavy atom. The van der Waals surface area contributed by atoms with Crippen LogP contribution < -0.4 is 16.8 Å². The van der Waals surface area contributed by atoms with Gasteiger partial charge in [-0.25, -0.2) is 0 Å². The number of aliphatic imine (C=N–C) groups is 1. The summed E-state index contributed by atoms with van der Waals surface area (Å²) in [6.07, 6.45) is 1.82. The van der Waals surface area contributed by atoms with Gasteiger partial charge in [-0.3, -0.25) is 9.79 Å². The Hall–Kier alpha value is -2.12. The van der Waals surface area contributed by atoms with Crippen LogP contribution in [0.3, 0.4) is 0 Å². The second-order valence-electron chi connectivity index (χ2n) is 8.12. The maximum absolute atomic E-state index is 12.5. The zero-order chi connectivity index (χ0) is 18.6.